The number of hydrogen-bond donors (Lipinski definition) is 10. The first-order valence-corrected chi connectivity index (χ1v) is 39.4. The Balaban J connectivity index is 0.833. The van der Waals surface area contributed by atoms with Crippen LogP contribution < -0.4 is 10.2 Å². The lowest BCUT2D eigenvalue weighted by atomic mass is 9.29. The predicted octanol–water partition coefficient (Wildman–Crippen LogP) is 9.35. The number of phenols is 1. The van der Waals surface area contributed by atoms with Crippen LogP contribution in [0, 0.1) is 97.6 Å². The van der Waals surface area contributed by atoms with E-state index < -0.39 is 120 Å². The van der Waals surface area contributed by atoms with E-state index in [1.54, 1.807) is 24.3 Å². The smallest absolute Gasteiger partial charge is 0.234 e. The van der Waals surface area contributed by atoms with E-state index in [1.807, 2.05) is 17.0 Å². The van der Waals surface area contributed by atoms with Crippen LogP contribution in [0.2, 0.25) is 0 Å². The Morgan fingerprint density at radius 2 is 1.66 bits per heavy atom. The number of aliphatic hydroxyl groups excluding tert-OH is 5. The van der Waals surface area contributed by atoms with Crippen LogP contribution in [0.4, 0.5) is 5.69 Å². The van der Waals surface area contributed by atoms with E-state index in [0.29, 0.717) is 100 Å². The van der Waals surface area contributed by atoms with Crippen molar-refractivity contribution in [3.05, 3.63) is 83.5 Å². The quantitative estimate of drug-likeness (QED) is 0.0749. The van der Waals surface area contributed by atoms with Crippen LogP contribution in [-0.4, -0.2) is 154 Å². The number of allylic oxidation sites excluding steroid dienone is 4. The van der Waals surface area contributed by atoms with Gasteiger partial charge in [-0.3, -0.25) is 9.59 Å². The number of fused-ring (bicyclic) bond motifs is 4. The number of amides is 1. The van der Waals surface area contributed by atoms with Gasteiger partial charge < -0.3 is 65.6 Å². The zero-order chi connectivity index (χ0) is 65.3. The molecule has 27 unspecified atom stereocenters. The largest absolute Gasteiger partial charge is 0.508 e. The highest BCUT2D eigenvalue weighted by atomic mass is 33.1. The van der Waals surface area contributed by atoms with Crippen molar-refractivity contribution in [1.29, 1.82) is 0 Å². The predicted molar refractivity (Wildman–Crippen MR) is 359 cm³/mol. The third-order valence-electron chi connectivity index (χ3n) is 31.7. The number of aromatic hydroxyl groups is 1. The second-order valence-corrected chi connectivity index (χ2v) is 36.9. The molecule has 27 atom stereocenters. The van der Waals surface area contributed by atoms with Gasteiger partial charge >= 0.3 is 0 Å². The molecule has 10 fully saturated rings. The second-order valence-electron chi connectivity index (χ2n) is 34.4. The van der Waals surface area contributed by atoms with Gasteiger partial charge in [-0.05, 0) is 203 Å². The molecule has 17 heteroatoms. The molecule has 10 N–H and O–H groups in total. The number of aryl methyl sites for hydroxylation is 1. The van der Waals surface area contributed by atoms with Gasteiger partial charge in [-0.25, -0.2) is 0 Å². The number of phenolic OH excluding ortho intramolecular Hbond substituents is 1. The zero-order valence-corrected chi connectivity index (χ0v) is 57.3. The molecule has 0 radical (unpaired) electrons. The summed E-state index contributed by atoms with van der Waals surface area (Å²) in [6, 6.07) is 5.41. The normalized spacial score (nSPS) is 52.1. The summed E-state index contributed by atoms with van der Waals surface area (Å²) in [4.78, 5) is 35.7. The van der Waals surface area contributed by atoms with E-state index >= 15 is 9.59 Å². The number of aliphatic hydroxyl groups is 8. The Morgan fingerprint density at radius 1 is 0.840 bits per heavy atom. The maximum atomic E-state index is 17.0. The van der Waals surface area contributed by atoms with Crippen molar-refractivity contribution in [2.24, 2.45) is 97.6 Å². The van der Waals surface area contributed by atoms with Crippen molar-refractivity contribution >= 4 is 39.0 Å². The van der Waals surface area contributed by atoms with Crippen molar-refractivity contribution in [1.82, 2.24) is 5.32 Å². The number of carbonyl (C=O) groups is 2. The molecule has 19 rings (SSSR count). The molecular weight excluding hydrogens is 1220 g/mol. The Bertz CT molecular complexity index is 3420. The van der Waals surface area contributed by atoms with E-state index in [4.69, 9.17) is 9.47 Å². The van der Waals surface area contributed by atoms with Gasteiger partial charge in [0.2, 0.25) is 5.91 Å². The summed E-state index contributed by atoms with van der Waals surface area (Å²) < 4.78 is 13.1. The van der Waals surface area contributed by atoms with Gasteiger partial charge in [-0.1, -0.05) is 124 Å². The number of ether oxygens (including phenoxy) is 2. The Hall–Kier alpha value is -2.88. The van der Waals surface area contributed by atoms with Gasteiger partial charge in [0.25, 0.3) is 0 Å². The lowest BCUT2D eigenvalue weighted by Crippen LogP contribution is -2.82. The fourth-order valence-corrected chi connectivity index (χ4v) is 30.5. The number of hydrogen-bond acceptors (Lipinski definition) is 16. The van der Waals surface area contributed by atoms with Crippen LogP contribution >= 0.6 is 21.6 Å². The molecule has 7 aliphatic heterocycles. The number of anilines is 1. The monoisotopic (exact) mass is 1330 g/mol. The van der Waals surface area contributed by atoms with Crippen molar-refractivity contribution in [2.45, 2.75) is 239 Å². The maximum absolute atomic E-state index is 17.0. The number of nitrogens with one attached hydrogen (secondary N) is 1. The molecule has 1 aromatic carbocycles. The average molecular weight is 1330 g/mol. The van der Waals surface area contributed by atoms with Crippen LogP contribution in [0.1, 0.15) is 168 Å². The number of piperidine rings is 1. The molecule has 0 aromatic heterocycles. The topological polar surface area (TPSA) is 253 Å². The maximum Gasteiger partial charge on any atom is 0.234 e. The lowest BCUT2D eigenvalue weighted by molar-refractivity contribution is -0.330. The molecule has 3 saturated heterocycles. The van der Waals surface area contributed by atoms with E-state index in [0.717, 1.165) is 50.5 Å². The molecule has 7 heterocycles. The van der Waals surface area contributed by atoms with Crippen molar-refractivity contribution in [3.63, 3.8) is 0 Å². The van der Waals surface area contributed by atoms with Crippen molar-refractivity contribution in [3.8, 4) is 5.75 Å². The third kappa shape index (κ3) is 7.95. The number of rotatable bonds is 5. The van der Waals surface area contributed by atoms with E-state index in [1.165, 1.54) is 33.6 Å². The zero-order valence-electron chi connectivity index (χ0n) is 55.6. The molecule has 15 nitrogen and oxygen atoms in total. The average Bonchev–Trinajstić information content (AvgIpc) is 1.03. The van der Waals surface area contributed by atoms with E-state index in [-0.39, 0.29) is 91.5 Å². The summed E-state index contributed by atoms with van der Waals surface area (Å²) >= 11 is 0. The van der Waals surface area contributed by atoms with Crippen molar-refractivity contribution in [2.75, 3.05) is 30.4 Å². The molecule has 7 saturated carbocycles. The Kier molecular flexibility index (Phi) is 15.1. The standard InChI is InChI=1S/C77H104N2O13S2/c1-42(2)43(3)63-65(92-63)73(88)24-9-16-48-34-55-56-37-61(83)72(38-62(84)77(90)60(82)18-17-47-15-10-25-74(47,77)68(55,72)4)67(87)94-93-40-50-14-8-13-49(39-80)76(50)66(86)79(51-30-44(31-52(81)35-51)19-27-71(48)59(73)21-28-75(56,71)89)41-69(76)26-20-53(64(69)85)57-33-46-32-45-12-11-29-91-58(45)36-54(46)70(78-57)22-6-5-7-23-70/h9,11-12,16-18,30-32,35,37,42-43,46-50,53-55,57-60,62-65,67,78,80-82,84-85,87-90H,5-8,10,13-15,19-29,33-34,36,38-41H2,1-4H3. The number of benzene rings is 1. The van der Waals surface area contributed by atoms with Gasteiger partial charge in [0, 0.05) is 70.3 Å². The van der Waals surface area contributed by atoms with E-state index in [9.17, 15) is 46.0 Å². The summed E-state index contributed by atoms with van der Waals surface area (Å²) in [5, 5.41) is 125. The minimum Gasteiger partial charge on any atom is -0.508 e. The van der Waals surface area contributed by atoms with Gasteiger partial charge in [-0.2, -0.15) is 0 Å². The summed E-state index contributed by atoms with van der Waals surface area (Å²) in [6.45, 7) is 9.10. The van der Waals surface area contributed by atoms with Crippen LogP contribution in [0.3, 0.4) is 0 Å². The van der Waals surface area contributed by atoms with Crippen LogP contribution in [-0.2, 0) is 25.5 Å². The molecule has 1 amide bonds. The second kappa shape index (κ2) is 22.1. The fraction of sp³-hybridized carbons (Fsp3) is 0.766. The van der Waals surface area contributed by atoms with Crippen molar-refractivity contribution < 1.29 is 65.0 Å². The molecule has 6 spiro atoms. The van der Waals surface area contributed by atoms with Crippen LogP contribution in [0.5, 0.6) is 5.75 Å². The van der Waals surface area contributed by atoms with Gasteiger partial charge in [0.05, 0.1) is 47.5 Å². The first-order valence-electron chi connectivity index (χ1n) is 37.0. The molecule has 18 aliphatic rings. The lowest BCUT2D eigenvalue weighted by Gasteiger charge is -2.76. The Morgan fingerprint density at radius 3 is 2.46 bits per heavy atom. The van der Waals surface area contributed by atoms with Gasteiger partial charge in [-0.15, -0.1) is 0 Å². The van der Waals surface area contributed by atoms with Gasteiger partial charge in [0.1, 0.15) is 34.6 Å². The minimum absolute atomic E-state index is 0.0220. The first-order chi connectivity index (χ1) is 45.0. The number of nitrogens with zero attached hydrogens (tertiary/aromatic N) is 1. The number of epoxide rings is 1. The molecule has 11 aliphatic carbocycles. The summed E-state index contributed by atoms with van der Waals surface area (Å²) in [5.41, 5.74) is -11.9. The SMILES string of the molecule is CC(C)C(C)C1OC1C1(O)CC=CC2CC3C4=CC(=O)C5(CC(O)C6(O)C(O)C=CC7CCCC76C35C)C(O)SSCC3CCCC(CO)C35C(=O)N(CC53CCC(C5CC6C=C7C=CCOC7CC6C6(CCCCC6)N5)C3O)c3cc(O)cc(c3)CCC23C1CCC43O. The molecule has 94 heavy (non-hydrogen) atoms. The number of carbonyl (C=O) groups excluding carboxylic acids is 2. The molecular formula is C77H104N2O13S2. The molecule has 1 aromatic rings. The third-order valence-corrected chi connectivity index (χ3v) is 34.3. The summed E-state index contributed by atoms with van der Waals surface area (Å²) in [5.74, 6) is -2.39. The van der Waals surface area contributed by atoms with Gasteiger partial charge in [0.15, 0.2) is 5.78 Å². The highest BCUT2D eigenvalue weighted by molar-refractivity contribution is 8.76. The fourth-order valence-electron chi connectivity index (χ4n) is 27.5. The Labute approximate surface area is 562 Å². The number of ketones is 1. The first kappa shape index (κ1) is 64.5. The minimum atomic E-state index is -2.13. The summed E-state index contributed by atoms with van der Waals surface area (Å²) in [6.07, 6.45) is 25.4. The highest BCUT2D eigenvalue weighted by Gasteiger charge is 2.86. The highest BCUT2D eigenvalue weighted by Crippen LogP contribution is 2.83. The van der Waals surface area contributed by atoms with Crippen LogP contribution in [0.25, 0.3) is 0 Å². The summed E-state index contributed by atoms with van der Waals surface area (Å²) in [7, 11) is 2.60. The van der Waals surface area contributed by atoms with Crippen LogP contribution in [0.15, 0.2) is 78.0 Å². The molecule has 8 bridgehead atoms. The molecule has 512 valence electrons. The van der Waals surface area contributed by atoms with E-state index in [2.05, 4.69) is 63.4 Å².